The number of aryl methyl sites for hydroxylation is 2. The second kappa shape index (κ2) is 7.60. The topological polar surface area (TPSA) is 86.1 Å². The Labute approximate surface area is 150 Å². The smallest absolute Gasteiger partial charge is 0.361 e. The Morgan fingerprint density at radius 2 is 1.81 bits per heavy atom. The SMILES string of the molecule is Cc1cccc(NC(=O)COC(=O)c2nn(-c3ccccc3)nc2C)c1. The molecule has 1 aromatic heterocycles. The lowest BCUT2D eigenvalue weighted by Gasteiger charge is -2.06. The van der Waals surface area contributed by atoms with Crippen LogP contribution in [0.3, 0.4) is 0 Å². The van der Waals surface area contributed by atoms with Crippen molar-refractivity contribution >= 4 is 17.6 Å². The van der Waals surface area contributed by atoms with Crippen LogP contribution in [0.1, 0.15) is 21.7 Å². The molecule has 1 heterocycles. The molecule has 1 N–H and O–H groups in total. The van der Waals surface area contributed by atoms with E-state index < -0.39 is 18.5 Å². The molecule has 0 fully saturated rings. The zero-order valence-corrected chi connectivity index (χ0v) is 14.5. The molecule has 0 spiro atoms. The summed E-state index contributed by atoms with van der Waals surface area (Å²) in [7, 11) is 0. The van der Waals surface area contributed by atoms with E-state index >= 15 is 0 Å². The van der Waals surface area contributed by atoms with Gasteiger partial charge in [0.15, 0.2) is 12.3 Å². The van der Waals surface area contributed by atoms with Crippen molar-refractivity contribution in [3.8, 4) is 5.69 Å². The average Bonchev–Trinajstić information content (AvgIpc) is 3.02. The summed E-state index contributed by atoms with van der Waals surface area (Å²) in [6, 6.07) is 16.6. The Bertz CT molecular complexity index is 935. The maximum atomic E-state index is 12.2. The van der Waals surface area contributed by atoms with Gasteiger partial charge in [-0.25, -0.2) is 4.79 Å². The van der Waals surface area contributed by atoms with Crippen molar-refractivity contribution in [3.05, 3.63) is 71.5 Å². The molecule has 0 aliphatic carbocycles. The Morgan fingerprint density at radius 3 is 2.54 bits per heavy atom. The highest BCUT2D eigenvalue weighted by Crippen LogP contribution is 2.11. The molecule has 3 aromatic rings. The Hall–Kier alpha value is -3.48. The van der Waals surface area contributed by atoms with Gasteiger partial charge in [0.1, 0.15) is 0 Å². The quantitative estimate of drug-likeness (QED) is 0.715. The van der Waals surface area contributed by atoms with E-state index in [0.717, 1.165) is 11.3 Å². The minimum absolute atomic E-state index is 0.0807. The Morgan fingerprint density at radius 1 is 1.04 bits per heavy atom. The molecule has 1 amide bonds. The molecule has 132 valence electrons. The van der Waals surface area contributed by atoms with Gasteiger partial charge in [0.2, 0.25) is 0 Å². The molecule has 0 aliphatic rings. The molecule has 0 saturated heterocycles. The van der Waals surface area contributed by atoms with Crippen LogP contribution in [0, 0.1) is 13.8 Å². The van der Waals surface area contributed by atoms with Crippen molar-refractivity contribution in [3.63, 3.8) is 0 Å². The molecule has 0 unspecified atom stereocenters. The fourth-order valence-corrected chi connectivity index (χ4v) is 2.36. The molecule has 0 radical (unpaired) electrons. The molecule has 0 aliphatic heterocycles. The summed E-state index contributed by atoms with van der Waals surface area (Å²) in [6.45, 7) is 3.19. The fraction of sp³-hybridized carbons (Fsp3) is 0.158. The molecule has 7 nitrogen and oxygen atoms in total. The van der Waals surface area contributed by atoms with Crippen LogP contribution in [0.25, 0.3) is 5.69 Å². The predicted octanol–water partition coefficient (Wildman–Crippen LogP) is 2.68. The number of rotatable bonds is 5. The lowest BCUT2D eigenvalue weighted by Crippen LogP contribution is -2.21. The summed E-state index contributed by atoms with van der Waals surface area (Å²) in [5.41, 5.74) is 2.91. The monoisotopic (exact) mass is 350 g/mol. The largest absolute Gasteiger partial charge is 0.451 e. The second-order valence-electron chi connectivity index (χ2n) is 5.75. The third kappa shape index (κ3) is 4.13. The lowest BCUT2D eigenvalue weighted by atomic mass is 10.2. The van der Waals surface area contributed by atoms with E-state index in [9.17, 15) is 9.59 Å². The normalized spacial score (nSPS) is 10.4. The second-order valence-corrected chi connectivity index (χ2v) is 5.75. The number of amides is 1. The van der Waals surface area contributed by atoms with Gasteiger partial charge < -0.3 is 10.1 Å². The standard InChI is InChI=1S/C19H18N4O3/c1-13-7-6-8-15(11-13)20-17(24)12-26-19(25)18-14(2)21-23(22-18)16-9-4-3-5-10-16/h3-11H,12H2,1-2H3,(H,20,24). The first-order valence-electron chi connectivity index (χ1n) is 8.06. The first-order chi connectivity index (χ1) is 12.5. The zero-order chi connectivity index (χ0) is 18.5. The van der Waals surface area contributed by atoms with Gasteiger partial charge in [-0.3, -0.25) is 4.79 Å². The number of anilines is 1. The summed E-state index contributed by atoms with van der Waals surface area (Å²) >= 11 is 0. The van der Waals surface area contributed by atoms with Crippen LogP contribution >= 0.6 is 0 Å². The van der Waals surface area contributed by atoms with Crippen molar-refractivity contribution in [2.75, 3.05) is 11.9 Å². The lowest BCUT2D eigenvalue weighted by molar-refractivity contribution is -0.119. The number of carbonyl (C=O) groups excluding carboxylic acids is 2. The highest BCUT2D eigenvalue weighted by Gasteiger charge is 2.19. The number of hydrogen-bond donors (Lipinski definition) is 1. The number of para-hydroxylation sites is 1. The number of nitrogens with one attached hydrogen (secondary N) is 1. The number of esters is 1. The van der Waals surface area contributed by atoms with E-state index in [0.29, 0.717) is 11.4 Å². The predicted molar refractivity (Wildman–Crippen MR) is 96.2 cm³/mol. The number of benzene rings is 2. The third-order valence-electron chi connectivity index (χ3n) is 3.60. The fourth-order valence-electron chi connectivity index (χ4n) is 2.36. The van der Waals surface area contributed by atoms with Crippen molar-refractivity contribution in [1.82, 2.24) is 15.0 Å². The first-order valence-corrected chi connectivity index (χ1v) is 8.06. The van der Waals surface area contributed by atoms with Crippen LogP contribution in [0.4, 0.5) is 5.69 Å². The summed E-state index contributed by atoms with van der Waals surface area (Å²) in [4.78, 5) is 25.5. The van der Waals surface area contributed by atoms with Gasteiger partial charge in [0, 0.05) is 5.69 Å². The van der Waals surface area contributed by atoms with Crippen LogP contribution in [0.2, 0.25) is 0 Å². The van der Waals surface area contributed by atoms with E-state index in [1.165, 1.54) is 4.80 Å². The molecule has 0 bridgehead atoms. The number of hydrogen-bond acceptors (Lipinski definition) is 5. The third-order valence-corrected chi connectivity index (χ3v) is 3.60. The highest BCUT2D eigenvalue weighted by molar-refractivity contribution is 5.95. The number of ether oxygens (including phenoxy) is 1. The molecule has 2 aromatic carbocycles. The van der Waals surface area contributed by atoms with Crippen molar-refractivity contribution in [1.29, 1.82) is 0 Å². The minimum Gasteiger partial charge on any atom is -0.451 e. The van der Waals surface area contributed by atoms with Crippen LogP contribution in [0.15, 0.2) is 54.6 Å². The molecule has 7 heteroatoms. The number of carbonyl (C=O) groups is 2. The van der Waals surface area contributed by atoms with Crippen LogP contribution in [-0.4, -0.2) is 33.5 Å². The Kier molecular flexibility index (Phi) is 5.07. The summed E-state index contributed by atoms with van der Waals surface area (Å²) in [5.74, 6) is -1.11. The van der Waals surface area contributed by atoms with Gasteiger partial charge in [-0.1, -0.05) is 30.3 Å². The van der Waals surface area contributed by atoms with E-state index in [-0.39, 0.29) is 5.69 Å². The van der Waals surface area contributed by atoms with Crippen LogP contribution < -0.4 is 5.32 Å². The molecule has 0 atom stereocenters. The Balaban J connectivity index is 1.61. The van der Waals surface area contributed by atoms with E-state index in [4.69, 9.17) is 4.74 Å². The van der Waals surface area contributed by atoms with Gasteiger partial charge >= 0.3 is 5.97 Å². The van der Waals surface area contributed by atoms with Gasteiger partial charge in [-0.15, -0.1) is 5.10 Å². The van der Waals surface area contributed by atoms with E-state index in [1.807, 2.05) is 55.5 Å². The molecular weight excluding hydrogens is 332 g/mol. The van der Waals surface area contributed by atoms with Gasteiger partial charge in [0.05, 0.1) is 11.4 Å². The van der Waals surface area contributed by atoms with Gasteiger partial charge in [0.25, 0.3) is 5.91 Å². The molecule has 26 heavy (non-hydrogen) atoms. The minimum atomic E-state index is -0.691. The van der Waals surface area contributed by atoms with Crippen molar-refractivity contribution < 1.29 is 14.3 Å². The van der Waals surface area contributed by atoms with Crippen LogP contribution in [-0.2, 0) is 9.53 Å². The van der Waals surface area contributed by atoms with Crippen molar-refractivity contribution in [2.24, 2.45) is 0 Å². The van der Waals surface area contributed by atoms with Gasteiger partial charge in [-0.05, 0) is 43.7 Å². The molecule has 0 saturated carbocycles. The number of aromatic nitrogens is 3. The molecular formula is C19H18N4O3. The summed E-state index contributed by atoms with van der Waals surface area (Å²) < 4.78 is 5.06. The highest BCUT2D eigenvalue weighted by atomic mass is 16.5. The average molecular weight is 350 g/mol. The maximum absolute atomic E-state index is 12.2. The first kappa shape index (κ1) is 17.3. The zero-order valence-electron chi connectivity index (χ0n) is 14.5. The number of nitrogens with zero attached hydrogens (tertiary/aromatic N) is 3. The van der Waals surface area contributed by atoms with E-state index in [2.05, 4.69) is 15.5 Å². The van der Waals surface area contributed by atoms with E-state index in [1.54, 1.807) is 13.0 Å². The van der Waals surface area contributed by atoms with Crippen molar-refractivity contribution in [2.45, 2.75) is 13.8 Å². The van der Waals surface area contributed by atoms with Crippen LogP contribution in [0.5, 0.6) is 0 Å². The molecule has 3 rings (SSSR count). The summed E-state index contributed by atoms with van der Waals surface area (Å²) in [6.07, 6.45) is 0. The maximum Gasteiger partial charge on any atom is 0.361 e. The van der Waals surface area contributed by atoms with Gasteiger partial charge in [-0.2, -0.15) is 9.90 Å². The summed E-state index contributed by atoms with van der Waals surface area (Å²) in [5, 5.41) is 11.0.